The molecule has 0 fully saturated rings. The Morgan fingerprint density at radius 1 is 1.12 bits per heavy atom. The Morgan fingerprint density at radius 3 is 2.44 bits per heavy atom. The largest absolute Gasteiger partial charge is 0.0915 e. The van der Waals surface area contributed by atoms with Gasteiger partial charge in [-0.15, -0.1) is 0 Å². The van der Waals surface area contributed by atoms with Crippen LogP contribution in [-0.2, 0) is 0 Å². The third kappa shape index (κ3) is 1.92. The molecule has 0 N–H and O–H groups in total. The summed E-state index contributed by atoms with van der Waals surface area (Å²) in [4.78, 5) is 0. The minimum atomic E-state index is -1.39. The van der Waals surface area contributed by atoms with Crippen LogP contribution in [0.5, 0.6) is 0 Å². The van der Waals surface area contributed by atoms with Crippen LogP contribution in [0.1, 0.15) is 13.3 Å². The van der Waals surface area contributed by atoms with Crippen LogP contribution < -0.4 is 5.19 Å². The van der Waals surface area contributed by atoms with Crippen molar-refractivity contribution in [3.05, 3.63) is 54.1 Å². The predicted octanol–water partition coefficient (Wildman–Crippen LogP) is 3.88. The maximum Gasteiger partial charge on any atom is 0.0915 e. The minimum Gasteiger partial charge on any atom is -0.0797 e. The van der Waals surface area contributed by atoms with E-state index in [1.165, 1.54) is 6.42 Å². The lowest BCUT2D eigenvalue weighted by atomic mass is 10.2. The van der Waals surface area contributed by atoms with Gasteiger partial charge in [0.1, 0.15) is 0 Å². The Kier molecular flexibility index (Phi) is 3.15. The molecule has 2 rings (SSSR count). The van der Waals surface area contributed by atoms with Gasteiger partial charge in [0.15, 0.2) is 0 Å². The van der Waals surface area contributed by atoms with E-state index in [1.807, 2.05) is 0 Å². The second-order valence-electron chi connectivity index (χ2n) is 5.05. The van der Waals surface area contributed by atoms with E-state index in [9.17, 15) is 0 Å². The fraction of sp³-hybridized carbons (Fsp3) is 0.333. The predicted molar refractivity (Wildman–Crippen MR) is 74.8 cm³/mol. The monoisotopic (exact) mass is 228 g/mol. The average Bonchev–Trinajstić information content (AvgIpc) is 2.79. The fourth-order valence-electron chi connectivity index (χ4n) is 2.61. The van der Waals surface area contributed by atoms with E-state index in [2.05, 4.69) is 68.6 Å². The van der Waals surface area contributed by atoms with Crippen molar-refractivity contribution in [2.75, 3.05) is 0 Å². The lowest BCUT2D eigenvalue weighted by Crippen LogP contribution is -2.45. The topological polar surface area (TPSA) is 0 Å². The van der Waals surface area contributed by atoms with Crippen LogP contribution >= 0.6 is 0 Å². The quantitative estimate of drug-likeness (QED) is 0.689. The zero-order valence-corrected chi connectivity index (χ0v) is 11.4. The van der Waals surface area contributed by atoms with Gasteiger partial charge in [-0.25, -0.2) is 0 Å². The van der Waals surface area contributed by atoms with E-state index in [1.54, 1.807) is 10.8 Å². The smallest absolute Gasteiger partial charge is 0.0797 e. The molecule has 0 aromatic heterocycles. The lowest BCUT2D eigenvalue weighted by Gasteiger charge is -2.31. The van der Waals surface area contributed by atoms with Crippen LogP contribution in [-0.4, -0.2) is 8.07 Å². The first-order valence-corrected chi connectivity index (χ1v) is 9.16. The van der Waals surface area contributed by atoms with Crippen LogP contribution in [0.25, 0.3) is 0 Å². The number of hydrogen-bond acceptors (Lipinski definition) is 0. The molecule has 1 aliphatic carbocycles. The molecular weight excluding hydrogens is 208 g/mol. The molecule has 0 aliphatic heterocycles. The van der Waals surface area contributed by atoms with Crippen molar-refractivity contribution in [2.24, 2.45) is 0 Å². The summed E-state index contributed by atoms with van der Waals surface area (Å²) in [7, 11) is -1.39. The van der Waals surface area contributed by atoms with Crippen molar-refractivity contribution >= 4 is 13.3 Å². The molecule has 1 atom stereocenters. The van der Waals surface area contributed by atoms with Gasteiger partial charge in [0.05, 0.1) is 8.07 Å². The second kappa shape index (κ2) is 4.42. The summed E-state index contributed by atoms with van der Waals surface area (Å²) in [5, 5.41) is 1.56. The summed E-state index contributed by atoms with van der Waals surface area (Å²) in [5.41, 5.74) is 2.31. The average molecular weight is 228 g/mol. The summed E-state index contributed by atoms with van der Waals surface area (Å²) in [5.74, 6) is 0. The van der Waals surface area contributed by atoms with Gasteiger partial charge in [-0.1, -0.05) is 79.3 Å². The summed E-state index contributed by atoms with van der Waals surface area (Å²) in [6.45, 7) is 7.22. The van der Waals surface area contributed by atoms with Crippen molar-refractivity contribution < 1.29 is 0 Å². The Labute approximate surface area is 99.7 Å². The van der Waals surface area contributed by atoms with Crippen LogP contribution in [0.2, 0.25) is 18.6 Å². The second-order valence-corrected chi connectivity index (χ2v) is 9.69. The van der Waals surface area contributed by atoms with Crippen molar-refractivity contribution in [2.45, 2.75) is 32.0 Å². The van der Waals surface area contributed by atoms with Gasteiger partial charge < -0.3 is 0 Å². The van der Waals surface area contributed by atoms with Gasteiger partial charge in [-0.3, -0.25) is 0 Å². The van der Waals surface area contributed by atoms with Crippen LogP contribution in [0.15, 0.2) is 54.1 Å². The fourth-order valence-corrected chi connectivity index (χ4v) is 5.84. The molecule has 1 aliphatic rings. The molecule has 1 aromatic rings. The van der Waals surface area contributed by atoms with Gasteiger partial charge in [-0.2, -0.15) is 0 Å². The molecule has 0 nitrogen and oxygen atoms in total. The molecule has 0 saturated heterocycles. The summed E-state index contributed by atoms with van der Waals surface area (Å²) < 4.78 is 0. The third-order valence-electron chi connectivity index (χ3n) is 3.72. The van der Waals surface area contributed by atoms with Gasteiger partial charge >= 0.3 is 0 Å². The van der Waals surface area contributed by atoms with E-state index < -0.39 is 8.07 Å². The lowest BCUT2D eigenvalue weighted by molar-refractivity contribution is 1.02. The Balaban J connectivity index is 2.33. The third-order valence-corrected chi connectivity index (χ3v) is 7.66. The summed E-state index contributed by atoms with van der Waals surface area (Å²) in [6, 6.07) is 11.0. The molecule has 84 valence electrons. The first kappa shape index (κ1) is 11.4. The SMILES string of the molecule is CCC1=CC=CC1[Si](C)(C)c1ccccc1. The molecular formula is C15H20Si. The number of hydrogen-bond donors (Lipinski definition) is 0. The van der Waals surface area contributed by atoms with Gasteiger partial charge in [0.25, 0.3) is 0 Å². The normalized spacial score (nSPS) is 19.9. The zero-order chi connectivity index (χ0) is 11.6. The molecule has 0 saturated carbocycles. The highest BCUT2D eigenvalue weighted by Crippen LogP contribution is 2.36. The van der Waals surface area contributed by atoms with Crippen LogP contribution in [0.4, 0.5) is 0 Å². The highest BCUT2D eigenvalue weighted by molar-refractivity contribution is 6.91. The molecule has 0 radical (unpaired) electrons. The van der Waals surface area contributed by atoms with Crippen molar-refractivity contribution in [3.8, 4) is 0 Å². The van der Waals surface area contributed by atoms with Crippen molar-refractivity contribution in [3.63, 3.8) is 0 Å². The molecule has 1 heteroatoms. The highest BCUT2D eigenvalue weighted by Gasteiger charge is 2.34. The first-order chi connectivity index (χ1) is 7.66. The molecule has 0 amide bonds. The first-order valence-electron chi connectivity index (χ1n) is 6.09. The van der Waals surface area contributed by atoms with Gasteiger partial charge in [0.2, 0.25) is 0 Å². The molecule has 0 bridgehead atoms. The number of benzene rings is 1. The molecule has 0 heterocycles. The molecule has 1 unspecified atom stereocenters. The minimum absolute atomic E-state index is 0.694. The van der Waals surface area contributed by atoms with Gasteiger partial charge in [0, 0.05) is 0 Å². The highest BCUT2D eigenvalue weighted by atomic mass is 28.3. The summed E-state index contributed by atoms with van der Waals surface area (Å²) in [6.07, 6.45) is 8.13. The Morgan fingerprint density at radius 2 is 1.81 bits per heavy atom. The van der Waals surface area contributed by atoms with E-state index in [0.717, 1.165) is 0 Å². The standard InChI is InChI=1S/C15H20Si/c1-4-13-9-8-12-15(13)16(2,3)14-10-6-5-7-11-14/h5-12,15H,4H2,1-3H3. The molecule has 1 aromatic carbocycles. The zero-order valence-electron chi connectivity index (χ0n) is 10.4. The van der Waals surface area contributed by atoms with E-state index in [0.29, 0.717) is 5.54 Å². The van der Waals surface area contributed by atoms with Crippen LogP contribution in [0.3, 0.4) is 0 Å². The van der Waals surface area contributed by atoms with Crippen LogP contribution in [0, 0.1) is 0 Å². The molecule has 16 heavy (non-hydrogen) atoms. The van der Waals surface area contributed by atoms with E-state index in [-0.39, 0.29) is 0 Å². The van der Waals surface area contributed by atoms with Crippen molar-refractivity contribution in [1.82, 2.24) is 0 Å². The molecule has 0 spiro atoms. The number of rotatable bonds is 3. The van der Waals surface area contributed by atoms with E-state index in [4.69, 9.17) is 0 Å². The maximum absolute atomic E-state index is 2.48. The summed E-state index contributed by atoms with van der Waals surface area (Å²) >= 11 is 0. The number of allylic oxidation sites excluding steroid dienone is 4. The van der Waals surface area contributed by atoms with Gasteiger partial charge in [-0.05, 0) is 12.0 Å². The Bertz CT molecular complexity index is 412. The van der Waals surface area contributed by atoms with E-state index >= 15 is 0 Å². The maximum atomic E-state index is 2.48. The van der Waals surface area contributed by atoms with Crippen molar-refractivity contribution in [1.29, 1.82) is 0 Å². The Hall–Kier alpha value is -1.08.